The topological polar surface area (TPSA) is 70.6 Å². The molecule has 2 aliphatic rings. The number of hydrogen-bond donors (Lipinski definition) is 3. The summed E-state index contributed by atoms with van der Waals surface area (Å²) in [6, 6.07) is 19.6. The van der Waals surface area contributed by atoms with Gasteiger partial charge in [0.25, 0.3) is 5.91 Å². The highest BCUT2D eigenvalue weighted by Crippen LogP contribution is 2.55. The van der Waals surface area contributed by atoms with Crippen molar-refractivity contribution in [1.29, 1.82) is 0 Å². The monoisotopic (exact) mass is 400 g/mol. The first-order valence-corrected chi connectivity index (χ1v) is 10.1. The Morgan fingerprint density at radius 2 is 1.87 bits per heavy atom. The molecular weight excluding hydrogens is 376 g/mol. The average Bonchev–Trinajstić information content (AvgIpc) is 3.03. The Hall–Kier alpha value is -3.47. The minimum absolute atomic E-state index is 0.0409. The molecule has 1 amide bonds. The molecule has 0 bridgehead atoms. The highest BCUT2D eigenvalue weighted by molar-refractivity contribution is 6.08. The molecule has 5 nitrogen and oxygen atoms in total. The number of phenolic OH excluding ortho intramolecular Hbond substituents is 1. The van der Waals surface area contributed by atoms with Crippen molar-refractivity contribution >= 4 is 17.3 Å². The van der Waals surface area contributed by atoms with E-state index in [0.29, 0.717) is 5.75 Å². The van der Waals surface area contributed by atoms with Gasteiger partial charge in [0, 0.05) is 28.8 Å². The van der Waals surface area contributed by atoms with Crippen LogP contribution in [0.15, 0.2) is 60.7 Å². The van der Waals surface area contributed by atoms with E-state index in [-0.39, 0.29) is 23.5 Å². The predicted molar refractivity (Wildman–Crippen MR) is 117 cm³/mol. The molecule has 0 aromatic heterocycles. The number of ether oxygens (including phenoxy) is 1. The molecule has 3 aromatic rings. The van der Waals surface area contributed by atoms with Crippen LogP contribution in [0.5, 0.6) is 11.5 Å². The standard InChI is InChI=1S/C25H24N2O3/c1-14-7-6-8-17-22(16-11-12-20(28)21(13-16)30-3)15(2)25(27-23(14)17)18-9-4-5-10-19(18)26-24(25)29/h4-13,15,22,27-28H,1-3H3,(H,26,29)/t15-,22+,25-/m0/s1. The largest absolute Gasteiger partial charge is 0.504 e. The molecule has 152 valence electrons. The summed E-state index contributed by atoms with van der Waals surface area (Å²) >= 11 is 0. The number of benzene rings is 3. The first-order chi connectivity index (χ1) is 14.5. The summed E-state index contributed by atoms with van der Waals surface area (Å²) < 4.78 is 5.37. The molecule has 5 rings (SSSR count). The SMILES string of the molecule is COc1cc([C@@H]2c3cccc(C)c3N[C@@]3(C(=O)Nc4ccccc43)[C@H]2C)ccc1O. The van der Waals surface area contributed by atoms with E-state index in [2.05, 4.69) is 36.6 Å². The van der Waals surface area contributed by atoms with Crippen LogP contribution < -0.4 is 15.4 Å². The van der Waals surface area contributed by atoms with Crippen molar-refractivity contribution in [1.82, 2.24) is 0 Å². The lowest BCUT2D eigenvalue weighted by Crippen LogP contribution is -2.52. The Morgan fingerprint density at radius 3 is 2.67 bits per heavy atom. The normalized spacial score (nSPS) is 24.0. The zero-order valence-corrected chi connectivity index (χ0v) is 17.2. The molecule has 0 unspecified atom stereocenters. The molecule has 5 heteroatoms. The van der Waals surface area contributed by atoms with Gasteiger partial charge >= 0.3 is 0 Å². The summed E-state index contributed by atoms with van der Waals surface area (Å²) in [4.78, 5) is 13.5. The number of fused-ring (bicyclic) bond motifs is 3. The molecule has 2 aliphatic heterocycles. The molecule has 0 aliphatic carbocycles. The highest BCUT2D eigenvalue weighted by Gasteiger charge is 2.56. The number of phenols is 1. The molecule has 0 fully saturated rings. The lowest BCUT2D eigenvalue weighted by Gasteiger charge is -2.46. The van der Waals surface area contributed by atoms with Gasteiger partial charge in [-0.1, -0.05) is 49.4 Å². The van der Waals surface area contributed by atoms with Crippen LogP contribution in [0, 0.1) is 12.8 Å². The second-order valence-electron chi connectivity index (χ2n) is 8.17. The third-order valence-electron chi connectivity index (χ3n) is 6.67. The van der Waals surface area contributed by atoms with Crippen molar-refractivity contribution in [3.8, 4) is 11.5 Å². The molecule has 1 spiro atoms. The number of methoxy groups -OCH3 is 1. The van der Waals surface area contributed by atoms with E-state index in [4.69, 9.17) is 4.74 Å². The van der Waals surface area contributed by atoms with E-state index < -0.39 is 5.54 Å². The van der Waals surface area contributed by atoms with Crippen LogP contribution in [0.4, 0.5) is 11.4 Å². The lowest BCUT2D eigenvalue weighted by molar-refractivity contribution is -0.121. The summed E-state index contributed by atoms with van der Waals surface area (Å²) in [6.45, 7) is 4.17. The fraction of sp³-hybridized carbons (Fsp3) is 0.240. The zero-order chi connectivity index (χ0) is 21.0. The number of para-hydroxylation sites is 2. The molecule has 2 heterocycles. The van der Waals surface area contributed by atoms with Gasteiger partial charge in [0.1, 0.15) is 5.54 Å². The Balaban J connectivity index is 1.78. The number of carbonyl (C=O) groups excluding carboxylic acids is 1. The fourth-order valence-electron chi connectivity index (χ4n) is 5.16. The van der Waals surface area contributed by atoms with Gasteiger partial charge in [0.15, 0.2) is 11.5 Å². The number of rotatable bonds is 2. The predicted octanol–water partition coefficient (Wildman–Crippen LogP) is 4.75. The van der Waals surface area contributed by atoms with Crippen molar-refractivity contribution in [2.24, 2.45) is 5.92 Å². The molecular formula is C25H24N2O3. The van der Waals surface area contributed by atoms with Crippen molar-refractivity contribution in [3.05, 3.63) is 82.9 Å². The molecule has 3 aromatic carbocycles. The Labute approximate surface area is 175 Å². The maximum absolute atomic E-state index is 13.5. The van der Waals surface area contributed by atoms with Crippen molar-refractivity contribution < 1.29 is 14.6 Å². The van der Waals surface area contributed by atoms with Crippen molar-refractivity contribution in [2.75, 3.05) is 17.7 Å². The minimum atomic E-state index is -0.883. The third-order valence-corrected chi connectivity index (χ3v) is 6.67. The van der Waals surface area contributed by atoms with E-state index in [1.54, 1.807) is 13.2 Å². The molecule has 3 atom stereocenters. The van der Waals surface area contributed by atoms with E-state index in [1.165, 1.54) is 0 Å². The minimum Gasteiger partial charge on any atom is -0.504 e. The Bertz CT molecular complexity index is 1170. The van der Waals surface area contributed by atoms with Gasteiger partial charge in [0.2, 0.25) is 0 Å². The van der Waals surface area contributed by atoms with Gasteiger partial charge in [-0.3, -0.25) is 4.79 Å². The zero-order valence-electron chi connectivity index (χ0n) is 17.2. The van der Waals surface area contributed by atoms with Gasteiger partial charge in [-0.05, 0) is 41.8 Å². The fourth-order valence-corrected chi connectivity index (χ4v) is 5.16. The third kappa shape index (κ3) is 2.38. The summed E-state index contributed by atoms with van der Waals surface area (Å²) in [5, 5.41) is 16.8. The molecule has 0 saturated carbocycles. The molecule has 0 saturated heterocycles. The average molecular weight is 400 g/mol. The lowest BCUT2D eigenvalue weighted by atomic mass is 9.65. The summed E-state index contributed by atoms with van der Waals surface area (Å²) in [7, 11) is 1.55. The summed E-state index contributed by atoms with van der Waals surface area (Å²) in [5.41, 5.74) is 5.14. The molecule has 0 radical (unpaired) electrons. The number of aryl methyl sites for hydroxylation is 1. The van der Waals surface area contributed by atoms with Crippen molar-refractivity contribution in [2.45, 2.75) is 25.3 Å². The number of aromatic hydroxyl groups is 1. The number of amides is 1. The van der Waals surface area contributed by atoms with E-state index in [1.807, 2.05) is 42.5 Å². The first-order valence-electron chi connectivity index (χ1n) is 10.1. The van der Waals surface area contributed by atoms with E-state index in [9.17, 15) is 9.90 Å². The number of carbonyl (C=O) groups is 1. The highest BCUT2D eigenvalue weighted by atomic mass is 16.5. The van der Waals surface area contributed by atoms with Crippen LogP contribution in [-0.2, 0) is 10.3 Å². The van der Waals surface area contributed by atoms with Gasteiger partial charge in [0.05, 0.1) is 7.11 Å². The first kappa shape index (κ1) is 18.6. The van der Waals surface area contributed by atoms with Gasteiger partial charge in [-0.15, -0.1) is 0 Å². The van der Waals surface area contributed by atoms with Crippen LogP contribution in [0.25, 0.3) is 0 Å². The van der Waals surface area contributed by atoms with Crippen molar-refractivity contribution in [3.63, 3.8) is 0 Å². The quantitative estimate of drug-likeness (QED) is 0.581. The van der Waals surface area contributed by atoms with E-state index in [0.717, 1.165) is 33.6 Å². The van der Waals surface area contributed by atoms with Gasteiger partial charge in [-0.25, -0.2) is 0 Å². The van der Waals surface area contributed by atoms with Crippen LogP contribution in [-0.4, -0.2) is 18.1 Å². The maximum Gasteiger partial charge on any atom is 0.255 e. The number of anilines is 2. The molecule has 30 heavy (non-hydrogen) atoms. The smallest absolute Gasteiger partial charge is 0.255 e. The van der Waals surface area contributed by atoms with Gasteiger partial charge in [-0.2, -0.15) is 0 Å². The summed E-state index contributed by atoms with van der Waals surface area (Å²) in [5.74, 6) is 0.335. The van der Waals surface area contributed by atoms with Crippen LogP contribution in [0.1, 0.15) is 35.1 Å². The Kier molecular flexibility index (Phi) is 4.03. The maximum atomic E-state index is 13.5. The van der Waals surface area contributed by atoms with Crippen LogP contribution in [0.3, 0.4) is 0 Å². The Morgan fingerprint density at radius 1 is 1.07 bits per heavy atom. The molecule has 3 N–H and O–H groups in total. The second kappa shape index (κ2) is 6.52. The van der Waals surface area contributed by atoms with E-state index >= 15 is 0 Å². The van der Waals surface area contributed by atoms with Crippen LogP contribution >= 0.6 is 0 Å². The number of nitrogens with one attached hydrogen (secondary N) is 2. The summed E-state index contributed by atoms with van der Waals surface area (Å²) in [6.07, 6.45) is 0. The second-order valence-corrected chi connectivity index (χ2v) is 8.17. The van der Waals surface area contributed by atoms with Crippen LogP contribution in [0.2, 0.25) is 0 Å². The number of hydrogen-bond acceptors (Lipinski definition) is 4. The van der Waals surface area contributed by atoms with Gasteiger partial charge < -0.3 is 20.5 Å².